The van der Waals surface area contributed by atoms with Gasteiger partial charge in [0.25, 0.3) is 0 Å². The maximum atomic E-state index is 6.41. The lowest BCUT2D eigenvalue weighted by atomic mass is 9.98. The second kappa shape index (κ2) is 10.5. The van der Waals surface area contributed by atoms with Gasteiger partial charge in [-0.3, -0.25) is 0 Å². The first-order valence-electron chi connectivity index (χ1n) is 11.0. The molecule has 0 amide bonds. The number of aryl methyl sites for hydroxylation is 1. The lowest BCUT2D eigenvalue weighted by Gasteiger charge is -2.24. The number of ether oxygens (including phenoxy) is 2. The molecule has 3 rings (SSSR count). The van der Waals surface area contributed by atoms with E-state index in [0.29, 0.717) is 17.1 Å². The zero-order valence-electron chi connectivity index (χ0n) is 19.0. The predicted octanol–water partition coefficient (Wildman–Crippen LogP) is 3.18. The molecular formula is C22H35N7O2. The average molecular weight is 430 g/mol. The van der Waals surface area contributed by atoms with Crippen molar-refractivity contribution >= 4 is 5.70 Å². The monoisotopic (exact) mass is 429 g/mol. The average Bonchev–Trinajstić information content (AvgIpc) is 3.24. The Labute approximate surface area is 184 Å². The van der Waals surface area contributed by atoms with E-state index in [-0.39, 0.29) is 24.8 Å². The zero-order chi connectivity index (χ0) is 22.4. The Balaban J connectivity index is 1.72. The summed E-state index contributed by atoms with van der Waals surface area (Å²) in [5.74, 6) is 6.83. The molecule has 0 bridgehead atoms. The van der Waals surface area contributed by atoms with E-state index < -0.39 is 0 Å². The normalized spacial score (nSPS) is 16.5. The van der Waals surface area contributed by atoms with Crippen LogP contribution >= 0.6 is 0 Å². The van der Waals surface area contributed by atoms with E-state index in [0.717, 1.165) is 30.7 Å². The number of hydrogen-bond acceptors (Lipinski definition) is 8. The van der Waals surface area contributed by atoms with Gasteiger partial charge in [-0.2, -0.15) is 4.98 Å². The topological polar surface area (TPSA) is 117 Å². The highest BCUT2D eigenvalue weighted by Gasteiger charge is 2.18. The van der Waals surface area contributed by atoms with E-state index in [1.54, 1.807) is 18.1 Å². The van der Waals surface area contributed by atoms with Gasteiger partial charge in [0.15, 0.2) is 0 Å². The van der Waals surface area contributed by atoms with Gasteiger partial charge in [-0.25, -0.2) is 15.5 Å². The van der Waals surface area contributed by atoms with Gasteiger partial charge in [0.05, 0.1) is 34.9 Å². The summed E-state index contributed by atoms with van der Waals surface area (Å²) in [7, 11) is 1.71. The SMILES string of the molecule is CCC(C)n1cnc(OC/C(=C(/N)c2ccc(OC3CCCCC3)c(C)n2)N(C)N)n1. The third kappa shape index (κ3) is 5.88. The zero-order valence-corrected chi connectivity index (χ0v) is 19.0. The van der Waals surface area contributed by atoms with Crippen molar-refractivity contribution in [2.45, 2.75) is 71.4 Å². The molecule has 1 unspecified atom stereocenters. The third-order valence-corrected chi connectivity index (χ3v) is 5.76. The molecule has 2 aromatic heterocycles. The number of nitrogens with zero attached hydrogens (tertiary/aromatic N) is 5. The van der Waals surface area contributed by atoms with Crippen molar-refractivity contribution in [1.29, 1.82) is 0 Å². The summed E-state index contributed by atoms with van der Waals surface area (Å²) in [6.07, 6.45) is 8.84. The fourth-order valence-electron chi connectivity index (χ4n) is 3.56. The number of aromatic nitrogens is 4. The van der Waals surface area contributed by atoms with E-state index in [4.69, 9.17) is 21.1 Å². The van der Waals surface area contributed by atoms with Crippen molar-refractivity contribution in [3.63, 3.8) is 0 Å². The van der Waals surface area contributed by atoms with Gasteiger partial charge in [0.1, 0.15) is 18.7 Å². The van der Waals surface area contributed by atoms with Crippen molar-refractivity contribution in [1.82, 2.24) is 24.8 Å². The Morgan fingerprint density at radius 2 is 2.03 bits per heavy atom. The molecule has 0 aliphatic heterocycles. The number of nitrogens with two attached hydrogens (primary N) is 2. The highest BCUT2D eigenvalue weighted by atomic mass is 16.5. The maximum Gasteiger partial charge on any atom is 0.335 e. The van der Waals surface area contributed by atoms with E-state index in [9.17, 15) is 0 Å². The number of likely N-dealkylation sites (N-methyl/N-ethyl adjacent to an activating group) is 1. The first-order chi connectivity index (χ1) is 14.9. The van der Waals surface area contributed by atoms with Gasteiger partial charge in [0.2, 0.25) is 0 Å². The molecule has 0 saturated heterocycles. The summed E-state index contributed by atoms with van der Waals surface area (Å²) in [5.41, 5.74) is 8.88. The minimum atomic E-state index is 0.129. The first kappa shape index (κ1) is 22.9. The second-order valence-electron chi connectivity index (χ2n) is 8.18. The van der Waals surface area contributed by atoms with Gasteiger partial charge >= 0.3 is 6.01 Å². The lowest BCUT2D eigenvalue weighted by Crippen LogP contribution is -2.31. The highest BCUT2D eigenvalue weighted by Crippen LogP contribution is 2.26. The van der Waals surface area contributed by atoms with Crippen LogP contribution in [-0.2, 0) is 0 Å². The molecule has 9 nitrogen and oxygen atoms in total. The van der Waals surface area contributed by atoms with Crippen LogP contribution in [0.4, 0.5) is 0 Å². The van der Waals surface area contributed by atoms with Crippen molar-refractivity contribution in [2.24, 2.45) is 11.6 Å². The smallest absolute Gasteiger partial charge is 0.335 e. The molecule has 1 fully saturated rings. The summed E-state index contributed by atoms with van der Waals surface area (Å²) in [6.45, 7) is 6.23. The molecule has 9 heteroatoms. The van der Waals surface area contributed by atoms with Crippen LogP contribution in [0.5, 0.6) is 11.8 Å². The van der Waals surface area contributed by atoms with Crippen molar-refractivity contribution in [3.05, 3.63) is 35.5 Å². The molecule has 0 spiro atoms. The minimum Gasteiger partial charge on any atom is -0.489 e. The molecule has 1 aliphatic carbocycles. The Kier molecular flexibility index (Phi) is 7.73. The molecule has 4 N–H and O–H groups in total. The Bertz CT molecular complexity index is 888. The van der Waals surface area contributed by atoms with Gasteiger partial charge in [-0.15, -0.1) is 5.10 Å². The molecule has 1 atom stereocenters. The fourth-order valence-corrected chi connectivity index (χ4v) is 3.56. The van der Waals surface area contributed by atoms with Crippen LogP contribution in [0.3, 0.4) is 0 Å². The Morgan fingerprint density at radius 1 is 1.29 bits per heavy atom. The number of hydrogen-bond donors (Lipinski definition) is 2. The molecule has 170 valence electrons. The van der Waals surface area contributed by atoms with E-state index >= 15 is 0 Å². The Hall–Kier alpha value is -2.81. The molecule has 1 aliphatic rings. The van der Waals surface area contributed by atoms with E-state index in [2.05, 4.69) is 28.9 Å². The number of hydrazine groups is 1. The standard InChI is InChI=1S/C22H35N7O2/c1-5-15(2)29-14-25-22(27-29)30-13-19(28(4)24)21(23)18-11-12-20(16(3)26-18)31-17-9-7-6-8-10-17/h11-12,14-15,17H,5-10,13,23-24H2,1-4H3/b21-19-. The Morgan fingerprint density at radius 3 is 2.68 bits per heavy atom. The summed E-state index contributed by atoms with van der Waals surface area (Å²) >= 11 is 0. The van der Waals surface area contributed by atoms with Crippen LogP contribution in [0.15, 0.2) is 24.2 Å². The van der Waals surface area contributed by atoms with Crippen LogP contribution < -0.4 is 21.1 Å². The van der Waals surface area contributed by atoms with Gasteiger partial charge in [0, 0.05) is 7.05 Å². The molecule has 1 saturated carbocycles. The van der Waals surface area contributed by atoms with Crippen LogP contribution in [0.2, 0.25) is 0 Å². The summed E-state index contributed by atoms with van der Waals surface area (Å²) in [5, 5.41) is 5.79. The maximum absolute atomic E-state index is 6.41. The summed E-state index contributed by atoms with van der Waals surface area (Å²) in [4.78, 5) is 8.86. The quantitative estimate of drug-likeness (QED) is 0.461. The van der Waals surface area contributed by atoms with E-state index in [1.807, 2.05) is 19.1 Å². The second-order valence-corrected chi connectivity index (χ2v) is 8.18. The van der Waals surface area contributed by atoms with Crippen LogP contribution in [0, 0.1) is 6.92 Å². The fraction of sp³-hybridized carbons (Fsp3) is 0.591. The molecule has 2 heterocycles. The van der Waals surface area contributed by atoms with E-state index in [1.165, 1.54) is 24.3 Å². The van der Waals surface area contributed by atoms with Crippen LogP contribution in [-0.4, -0.2) is 44.5 Å². The first-order valence-corrected chi connectivity index (χ1v) is 11.0. The third-order valence-electron chi connectivity index (χ3n) is 5.76. The minimum absolute atomic E-state index is 0.129. The molecule has 31 heavy (non-hydrogen) atoms. The van der Waals surface area contributed by atoms with Crippen molar-refractivity contribution in [3.8, 4) is 11.8 Å². The molecular weight excluding hydrogens is 394 g/mol. The predicted molar refractivity (Wildman–Crippen MR) is 120 cm³/mol. The lowest BCUT2D eigenvalue weighted by molar-refractivity contribution is 0.153. The number of rotatable bonds is 9. The summed E-state index contributed by atoms with van der Waals surface area (Å²) < 4.78 is 13.7. The highest BCUT2D eigenvalue weighted by molar-refractivity contribution is 5.63. The molecule has 0 radical (unpaired) electrons. The van der Waals surface area contributed by atoms with Gasteiger partial charge in [-0.1, -0.05) is 13.3 Å². The largest absolute Gasteiger partial charge is 0.489 e. The number of pyridine rings is 1. The molecule has 0 aromatic carbocycles. The van der Waals surface area contributed by atoms with Crippen LogP contribution in [0.25, 0.3) is 5.70 Å². The van der Waals surface area contributed by atoms with Crippen LogP contribution in [0.1, 0.15) is 69.8 Å². The van der Waals surface area contributed by atoms with Gasteiger partial charge in [-0.05, 0) is 58.1 Å². The van der Waals surface area contributed by atoms with Crippen molar-refractivity contribution < 1.29 is 9.47 Å². The summed E-state index contributed by atoms with van der Waals surface area (Å²) in [6, 6.07) is 4.33. The van der Waals surface area contributed by atoms with Gasteiger partial charge < -0.3 is 20.2 Å². The molecule has 2 aromatic rings. The van der Waals surface area contributed by atoms with Crippen molar-refractivity contribution in [2.75, 3.05) is 13.7 Å².